The number of sulfonamides is 1. The van der Waals surface area contributed by atoms with Gasteiger partial charge in [-0.15, -0.1) is 0 Å². The molecule has 4 rings (SSSR count). The van der Waals surface area contributed by atoms with Crippen molar-refractivity contribution in [2.75, 3.05) is 9.62 Å². The van der Waals surface area contributed by atoms with E-state index in [1.807, 2.05) is 51.1 Å². The maximum atomic E-state index is 13.3. The topological polar surface area (TPSA) is 66.5 Å². The summed E-state index contributed by atoms with van der Waals surface area (Å²) in [5.41, 5.74) is 4.70. The lowest BCUT2D eigenvalue weighted by Gasteiger charge is -2.23. The van der Waals surface area contributed by atoms with E-state index in [2.05, 4.69) is 4.72 Å². The Kier molecular flexibility index (Phi) is 5.54. The maximum Gasteiger partial charge on any atom is 0.263 e. The highest BCUT2D eigenvalue weighted by atomic mass is 35.5. The van der Waals surface area contributed by atoms with Gasteiger partial charge in [0.25, 0.3) is 15.9 Å². The lowest BCUT2D eigenvalue weighted by molar-refractivity contribution is 0.0981. The minimum Gasteiger partial charge on any atom is -0.305 e. The van der Waals surface area contributed by atoms with Gasteiger partial charge in [-0.3, -0.25) is 9.52 Å². The number of rotatable bonds is 4. The summed E-state index contributed by atoms with van der Waals surface area (Å²) < 4.78 is 28.7. The zero-order chi connectivity index (χ0) is 22.3. The van der Waals surface area contributed by atoms with Crippen LogP contribution in [0.5, 0.6) is 0 Å². The lowest BCUT2D eigenvalue weighted by atomic mass is 10.1. The summed E-state index contributed by atoms with van der Waals surface area (Å²) in [5, 5.41) is 0.0581. The highest BCUT2D eigenvalue weighted by Crippen LogP contribution is 2.34. The second kappa shape index (κ2) is 8.02. The van der Waals surface area contributed by atoms with E-state index in [0.717, 1.165) is 28.8 Å². The SMILES string of the molecule is Cc1ccc(NS(=O)(=O)c2cc(C(=O)N3c4ccccc4C[C@@H]3C)ccc2Cl)cc1C. The normalized spacial score (nSPS) is 15.6. The summed E-state index contributed by atoms with van der Waals surface area (Å²) in [7, 11) is -3.98. The molecular weight excluding hydrogens is 432 g/mol. The molecule has 0 spiro atoms. The van der Waals surface area contributed by atoms with Gasteiger partial charge in [-0.25, -0.2) is 8.42 Å². The standard InChI is InChI=1S/C24H23ClN2O3S/c1-15-8-10-20(12-16(15)2)26-31(29,30)23-14-19(9-11-21(23)25)24(28)27-17(3)13-18-6-4-5-7-22(18)27/h4-12,14,17,26H,13H2,1-3H3/t17-/m0/s1. The smallest absolute Gasteiger partial charge is 0.263 e. The highest BCUT2D eigenvalue weighted by Gasteiger charge is 2.32. The number of hydrogen-bond acceptors (Lipinski definition) is 3. The molecule has 0 saturated heterocycles. The maximum absolute atomic E-state index is 13.3. The molecule has 5 nitrogen and oxygen atoms in total. The minimum absolute atomic E-state index is 0.0192. The van der Waals surface area contributed by atoms with Crippen molar-refractivity contribution in [3.05, 3.63) is 87.9 Å². The van der Waals surface area contributed by atoms with E-state index in [1.54, 1.807) is 23.1 Å². The van der Waals surface area contributed by atoms with Gasteiger partial charge in [-0.05, 0) is 80.3 Å². The first-order valence-electron chi connectivity index (χ1n) is 9.98. The second-order valence-electron chi connectivity index (χ2n) is 7.91. The molecule has 1 aliphatic rings. The average Bonchev–Trinajstić information content (AvgIpc) is 3.06. The van der Waals surface area contributed by atoms with Gasteiger partial charge in [0.2, 0.25) is 0 Å². The molecule has 0 bridgehead atoms. The molecule has 7 heteroatoms. The summed E-state index contributed by atoms with van der Waals surface area (Å²) in [4.78, 5) is 14.9. The lowest BCUT2D eigenvalue weighted by Crippen LogP contribution is -2.35. The summed E-state index contributed by atoms with van der Waals surface area (Å²) in [6, 6.07) is 17.4. The van der Waals surface area contributed by atoms with Crippen molar-refractivity contribution >= 4 is 38.9 Å². The van der Waals surface area contributed by atoms with E-state index in [1.165, 1.54) is 12.1 Å². The molecule has 1 atom stereocenters. The van der Waals surface area contributed by atoms with Crippen LogP contribution < -0.4 is 9.62 Å². The molecule has 0 saturated carbocycles. The predicted octanol–water partition coefficient (Wildman–Crippen LogP) is 5.35. The largest absolute Gasteiger partial charge is 0.305 e. The van der Waals surface area contributed by atoms with Crippen LogP contribution in [0.15, 0.2) is 65.6 Å². The van der Waals surface area contributed by atoms with Crippen LogP contribution in [0.1, 0.15) is 34.0 Å². The van der Waals surface area contributed by atoms with Crippen molar-refractivity contribution in [2.45, 2.75) is 38.1 Å². The Morgan fingerprint density at radius 1 is 1.03 bits per heavy atom. The van der Waals surface area contributed by atoms with Crippen LogP contribution in [0.3, 0.4) is 0 Å². The number of fused-ring (bicyclic) bond motifs is 1. The van der Waals surface area contributed by atoms with Crippen LogP contribution in [0.2, 0.25) is 5.02 Å². The van der Waals surface area contributed by atoms with E-state index >= 15 is 0 Å². The van der Waals surface area contributed by atoms with Crippen molar-refractivity contribution in [2.24, 2.45) is 0 Å². The predicted molar refractivity (Wildman–Crippen MR) is 125 cm³/mol. The molecule has 0 fully saturated rings. The number of halogens is 1. The van der Waals surface area contributed by atoms with E-state index in [0.29, 0.717) is 5.69 Å². The fourth-order valence-electron chi connectivity index (χ4n) is 3.87. The number of amides is 1. The zero-order valence-electron chi connectivity index (χ0n) is 17.5. The number of hydrogen-bond donors (Lipinski definition) is 1. The van der Waals surface area contributed by atoms with Crippen molar-refractivity contribution < 1.29 is 13.2 Å². The molecule has 1 amide bonds. The molecule has 1 heterocycles. The van der Waals surface area contributed by atoms with Crippen molar-refractivity contribution in [1.82, 2.24) is 0 Å². The summed E-state index contributed by atoms with van der Waals surface area (Å²) in [5.74, 6) is -0.253. The second-order valence-corrected chi connectivity index (χ2v) is 9.96. The monoisotopic (exact) mass is 454 g/mol. The van der Waals surface area contributed by atoms with Gasteiger partial charge in [-0.1, -0.05) is 35.9 Å². The molecule has 0 unspecified atom stereocenters. The van der Waals surface area contributed by atoms with E-state index < -0.39 is 10.0 Å². The number of para-hydroxylation sites is 1. The molecule has 0 aliphatic carbocycles. The van der Waals surface area contributed by atoms with Crippen molar-refractivity contribution in [1.29, 1.82) is 0 Å². The Balaban J connectivity index is 1.68. The third kappa shape index (κ3) is 4.05. The number of aryl methyl sites for hydroxylation is 2. The van der Waals surface area contributed by atoms with E-state index in [-0.39, 0.29) is 27.4 Å². The third-order valence-corrected chi connectivity index (χ3v) is 7.52. The van der Waals surface area contributed by atoms with Gasteiger partial charge in [-0.2, -0.15) is 0 Å². The molecule has 31 heavy (non-hydrogen) atoms. The summed E-state index contributed by atoms with van der Waals surface area (Å²) >= 11 is 6.23. The molecule has 0 radical (unpaired) electrons. The Hall–Kier alpha value is -2.83. The number of nitrogens with one attached hydrogen (secondary N) is 1. The molecular formula is C24H23ClN2O3S. The van der Waals surface area contributed by atoms with Gasteiger partial charge in [0.1, 0.15) is 4.90 Å². The zero-order valence-corrected chi connectivity index (χ0v) is 19.1. The quantitative estimate of drug-likeness (QED) is 0.577. The van der Waals surface area contributed by atoms with Crippen LogP contribution in [0, 0.1) is 13.8 Å². The minimum atomic E-state index is -3.98. The van der Waals surface area contributed by atoms with Crippen LogP contribution >= 0.6 is 11.6 Å². The van der Waals surface area contributed by atoms with E-state index in [9.17, 15) is 13.2 Å². The first-order chi connectivity index (χ1) is 14.7. The molecule has 1 N–H and O–H groups in total. The number of carbonyl (C=O) groups excluding carboxylic acids is 1. The van der Waals surface area contributed by atoms with Gasteiger partial charge >= 0.3 is 0 Å². The van der Waals surface area contributed by atoms with Gasteiger partial charge in [0.15, 0.2) is 0 Å². The summed E-state index contributed by atoms with van der Waals surface area (Å²) in [6.07, 6.45) is 0.759. The Bertz CT molecular complexity index is 1290. The van der Waals surface area contributed by atoms with Crippen LogP contribution in [-0.4, -0.2) is 20.4 Å². The van der Waals surface area contributed by atoms with Crippen LogP contribution in [0.4, 0.5) is 11.4 Å². The average molecular weight is 455 g/mol. The molecule has 3 aromatic rings. The Morgan fingerprint density at radius 2 is 1.77 bits per heavy atom. The number of carbonyl (C=O) groups is 1. The first kappa shape index (κ1) is 21.4. The third-order valence-electron chi connectivity index (χ3n) is 5.65. The van der Waals surface area contributed by atoms with Crippen LogP contribution in [-0.2, 0) is 16.4 Å². The van der Waals surface area contributed by atoms with Gasteiger partial charge in [0.05, 0.1) is 5.02 Å². The van der Waals surface area contributed by atoms with Crippen molar-refractivity contribution in [3.63, 3.8) is 0 Å². The molecule has 160 valence electrons. The number of benzene rings is 3. The van der Waals surface area contributed by atoms with E-state index in [4.69, 9.17) is 11.6 Å². The highest BCUT2D eigenvalue weighted by molar-refractivity contribution is 7.92. The number of anilines is 2. The first-order valence-corrected chi connectivity index (χ1v) is 11.8. The molecule has 0 aromatic heterocycles. The molecule has 3 aromatic carbocycles. The van der Waals surface area contributed by atoms with Crippen LogP contribution in [0.25, 0.3) is 0 Å². The van der Waals surface area contributed by atoms with Gasteiger partial charge < -0.3 is 4.90 Å². The molecule has 1 aliphatic heterocycles. The Labute approximate surface area is 187 Å². The van der Waals surface area contributed by atoms with Crippen molar-refractivity contribution in [3.8, 4) is 0 Å². The van der Waals surface area contributed by atoms with Gasteiger partial charge in [0, 0.05) is 23.0 Å². The summed E-state index contributed by atoms with van der Waals surface area (Å²) in [6.45, 7) is 5.85. The number of nitrogens with zero attached hydrogens (tertiary/aromatic N) is 1. The fourth-order valence-corrected chi connectivity index (χ4v) is 5.45. The Morgan fingerprint density at radius 3 is 2.52 bits per heavy atom. The fraction of sp³-hybridized carbons (Fsp3) is 0.208.